The van der Waals surface area contributed by atoms with Gasteiger partial charge in [-0.1, -0.05) is 6.07 Å². The van der Waals surface area contributed by atoms with E-state index in [1.165, 1.54) is 11.3 Å². The number of aromatic nitrogens is 3. The third-order valence-electron chi connectivity index (χ3n) is 4.78. The largest absolute Gasteiger partial charge is 0.494 e. The van der Waals surface area contributed by atoms with Gasteiger partial charge in [0.25, 0.3) is 0 Å². The number of aryl methyl sites for hydroxylation is 1. The number of rotatable bonds is 4. The molecule has 0 unspecified atom stereocenters. The quantitative estimate of drug-likeness (QED) is 0.675. The summed E-state index contributed by atoms with van der Waals surface area (Å²) in [4.78, 5) is 13.8. The van der Waals surface area contributed by atoms with Crippen molar-refractivity contribution >= 4 is 28.1 Å². The molecule has 4 rings (SSSR count). The van der Waals surface area contributed by atoms with Crippen molar-refractivity contribution < 1.29 is 13.5 Å². The van der Waals surface area contributed by atoms with Crippen molar-refractivity contribution in [3.63, 3.8) is 0 Å². The van der Waals surface area contributed by atoms with Gasteiger partial charge in [-0.05, 0) is 31.9 Å². The summed E-state index contributed by atoms with van der Waals surface area (Å²) in [5.74, 6) is -0.771. The smallest absolute Gasteiger partial charge is 0.248 e. The van der Waals surface area contributed by atoms with E-state index in [0.29, 0.717) is 35.8 Å². The topological polar surface area (TPSA) is 59.9 Å². The van der Waals surface area contributed by atoms with Crippen LogP contribution in [0.5, 0.6) is 5.75 Å². The molecule has 1 fully saturated rings. The first-order valence-corrected chi connectivity index (χ1v) is 9.75. The molecule has 2 heterocycles. The number of hydrogen-bond donors (Lipinski definition) is 1. The van der Waals surface area contributed by atoms with Crippen LogP contribution in [0.4, 0.5) is 14.6 Å². The minimum Gasteiger partial charge on any atom is -0.494 e. The number of anilines is 1. The summed E-state index contributed by atoms with van der Waals surface area (Å²) in [5, 5.41) is 6.84. The number of para-hydroxylation sites is 1. The number of nitrogens with zero attached hydrogens (tertiary/aromatic N) is 3. The molecule has 3 aromatic rings. The zero-order chi connectivity index (χ0) is 19.0. The molecule has 1 aliphatic carbocycles. The van der Waals surface area contributed by atoms with Gasteiger partial charge in [0.05, 0.1) is 7.11 Å². The van der Waals surface area contributed by atoms with E-state index in [4.69, 9.17) is 4.74 Å². The number of alkyl halides is 2. The SMILES string of the molecule is COc1cccc2c(NC3CCC(F)(F)CC3)nc(-c3nc(C)cs3)nc12. The summed E-state index contributed by atoms with van der Waals surface area (Å²) in [7, 11) is 1.60. The number of benzene rings is 1. The van der Waals surface area contributed by atoms with E-state index in [1.54, 1.807) is 7.11 Å². The first kappa shape index (κ1) is 18.0. The standard InChI is InChI=1S/C19H20F2N4OS/c1-11-10-27-18(22-11)17-24-15-13(4-3-5-14(15)26-2)16(25-17)23-12-6-8-19(20,21)9-7-12/h3-5,10,12H,6-9H2,1-2H3,(H,23,24,25). The lowest BCUT2D eigenvalue weighted by Gasteiger charge is -2.29. The molecule has 142 valence electrons. The van der Waals surface area contributed by atoms with E-state index in [0.717, 1.165) is 16.1 Å². The lowest BCUT2D eigenvalue weighted by Crippen LogP contribution is -2.32. The highest BCUT2D eigenvalue weighted by Gasteiger charge is 2.35. The maximum Gasteiger partial charge on any atom is 0.248 e. The van der Waals surface area contributed by atoms with Crippen LogP contribution in [-0.2, 0) is 0 Å². The average molecular weight is 390 g/mol. The summed E-state index contributed by atoms with van der Waals surface area (Å²) in [6.07, 6.45) is 0.618. The van der Waals surface area contributed by atoms with Crippen LogP contribution in [0, 0.1) is 6.92 Å². The van der Waals surface area contributed by atoms with E-state index in [9.17, 15) is 8.78 Å². The molecule has 0 spiro atoms. The highest BCUT2D eigenvalue weighted by atomic mass is 32.1. The van der Waals surface area contributed by atoms with Gasteiger partial charge in [0.15, 0.2) is 10.8 Å². The normalized spacial score (nSPS) is 17.2. The van der Waals surface area contributed by atoms with E-state index in [-0.39, 0.29) is 18.9 Å². The highest BCUT2D eigenvalue weighted by Crippen LogP contribution is 2.36. The van der Waals surface area contributed by atoms with Gasteiger partial charge in [-0.3, -0.25) is 0 Å². The first-order chi connectivity index (χ1) is 12.9. The van der Waals surface area contributed by atoms with Crippen molar-refractivity contribution in [3.05, 3.63) is 29.3 Å². The third kappa shape index (κ3) is 3.71. The fourth-order valence-electron chi connectivity index (χ4n) is 3.33. The van der Waals surface area contributed by atoms with Crippen LogP contribution in [0.25, 0.3) is 21.7 Å². The molecule has 0 atom stereocenters. The van der Waals surface area contributed by atoms with E-state index in [1.807, 2.05) is 30.5 Å². The second kappa shape index (κ2) is 6.99. The predicted molar refractivity (Wildman–Crippen MR) is 103 cm³/mol. The Morgan fingerprint density at radius 1 is 1.19 bits per heavy atom. The molecule has 0 saturated heterocycles. The number of halogens is 2. The molecule has 2 aromatic heterocycles. The number of nitrogens with one attached hydrogen (secondary N) is 1. The number of fused-ring (bicyclic) bond motifs is 1. The minimum atomic E-state index is -2.56. The van der Waals surface area contributed by atoms with Gasteiger partial charge >= 0.3 is 0 Å². The Hall–Kier alpha value is -2.35. The molecule has 0 bridgehead atoms. The summed E-state index contributed by atoms with van der Waals surface area (Å²) in [6, 6.07) is 5.59. The molecule has 1 saturated carbocycles. The maximum absolute atomic E-state index is 13.5. The lowest BCUT2D eigenvalue weighted by atomic mass is 9.92. The zero-order valence-electron chi connectivity index (χ0n) is 15.1. The second-order valence-electron chi connectivity index (χ2n) is 6.82. The Bertz CT molecular complexity index is 965. The minimum absolute atomic E-state index is 0.0418. The molecule has 8 heteroatoms. The van der Waals surface area contributed by atoms with Crippen molar-refractivity contribution in [1.82, 2.24) is 15.0 Å². The Balaban J connectivity index is 1.76. The maximum atomic E-state index is 13.5. The predicted octanol–water partition coefficient (Wildman–Crippen LogP) is 5.06. The molecular weight excluding hydrogens is 370 g/mol. The summed E-state index contributed by atoms with van der Waals surface area (Å²) < 4.78 is 32.4. The molecule has 5 nitrogen and oxygen atoms in total. The van der Waals surface area contributed by atoms with Gasteiger partial charge in [-0.15, -0.1) is 11.3 Å². The fraction of sp³-hybridized carbons (Fsp3) is 0.421. The first-order valence-electron chi connectivity index (χ1n) is 8.87. The van der Waals surface area contributed by atoms with Crippen molar-refractivity contribution in [2.75, 3.05) is 12.4 Å². The summed E-state index contributed by atoms with van der Waals surface area (Å²) in [6.45, 7) is 1.92. The Labute approximate surface area is 159 Å². The number of thiazole rings is 1. The van der Waals surface area contributed by atoms with E-state index >= 15 is 0 Å². The van der Waals surface area contributed by atoms with Crippen molar-refractivity contribution in [2.45, 2.75) is 44.6 Å². The Morgan fingerprint density at radius 3 is 2.63 bits per heavy atom. The van der Waals surface area contributed by atoms with Crippen molar-refractivity contribution in [2.24, 2.45) is 0 Å². The Kier molecular flexibility index (Phi) is 4.67. The van der Waals surface area contributed by atoms with Gasteiger partial charge in [-0.2, -0.15) is 0 Å². The van der Waals surface area contributed by atoms with Crippen LogP contribution >= 0.6 is 11.3 Å². The summed E-state index contributed by atoms with van der Waals surface area (Å²) in [5.41, 5.74) is 1.59. The lowest BCUT2D eigenvalue weighted by molar-refractivity contribution is -0.0361. The van der Waals surface area contributed by atoms with Crippen LogP contribution in [0.1, 0.15) is 31.4 Å². The van der Waals surface area contributed by atoms with Gasteiger partial charge in [0.1, 0.15) is 17.1 Å². The average Bonchev–Trinajstić information content (AvgIpc) is 3.09. The monoisotopic (exact) mass is 390 g/mol. The highest BCUT2D eigenvalue weighted by molar-refractivity contribution is 7.13. The van der Waals surface area contributed by atoms with Crippen LogP contribution in [0.15, 0.2) is 23.6 Å². The number of hydrogen-bond acceptors (Lipinski definition) is 6. The summed E-state index contributed by atoms with van der Waals surface area (Å²) >= 11 is 1.48. The Morgan fingerprint density at radius 2 is 1.96 bits per heavy atom. The molecule has 1 N–H and O–H groups in total. The van der Waals surface area contributed by atoms with Gasteiger partial charge < -0.3 is 10.1 Å². The second-order valence-corrected chi connectivity index (χ2v) is 7.68. The van der Waals surface area contributed by atoms with Crippen LogP contribution in [-0.4, -0.2) is 34.0 Å². The molecule has 0 radical (unpaired) electrons. The van der Waals surface area contributed by atoms with Crippen LogP contribution < -0.4 is 10.1 Å². The van der Waals surface area contributed by atoms with Crippen LogP contribution in [0.3, 0.4) is 0 Å². The number of methoxy groups -OCH3 is 1. The molecule has 0 amide bonds. The van der Waals surface area contributed by atoms with Gasteiger partial charge in [-0.25, -0.2) is 23.7 Å². The molecule has 1 aromatic carbocycles. The number of ether oxygens (including phenoxy) is 1. The third-order valence-corrected chi connectivity index (χ3v) is 5.73. The molecule has 0 aliphatic heterocycles. The fourth-order valence-corrected chi connectivity index (χ4v) is 4.06. The van der Waals surface area contributed by atoms with E-state index in [2.05, 4.69) is 20.3 Å². The van der Waals surface area contributed by atoms with E-state index < -0.39 is 5.92 Å². The van der Waals surface area contributed by atoms with Gasteiger partial charge in [0.2, 0.25) is 5.92 Å². The molecule has 1 aliphatic rings. The van der Waals surface area contributed by atoms with Gasteiger partial charge in [0, 0.05) is 35.3 Å². The molecule has 27 heavy (non-hydrogen) atoms. The van der Waals surface area contributed by atoms with Crippen LogP contribution in [0.2, 0.25) is 0 Å². The molecular formula is C19H20F2N4OS. The van der Waals surface area contributed by atoms with Crippen molar-refractivity contribution in [3.8, 4) is 16.6 Å². The zero-order valence-corrected chi connectivity index (χ0v) is 15.9. The van der Waals surface area contributed by atoms with Crippen molar-refractivity contribution in [1.29, 1.82) is 0 Å².